The molecule has 0 aliphatic heterocycles. The molecular weight excluding hydrogens is 292 g/mol. The van der Waals surface area contributed by atoms with Crippen LogP contribution >= 0.6 is 0 Å². The van der Waals surface area contributed by atoms with Crippen molar-refractivity contribution in [2.45, 2.75) is 24.4 Å². The molecule has 0 radical (unpaired) electrons. The Balaban J connectivity index is 2.04. The largest absolute Gasteiger partial charge is 0.472 e. The summed E-state index contributed by atoms with van der Waals surface area (Å²) in [6, 6.07) is 1.74. The van der Waals surface area contributed by atoms with Gasteiger partial charge in [0.15, 0.2) is 0 Å². The summed E-state index contributed by atoms with van der Waals surface area (Å²) in [6.45, 7) is 1.81. The summed E-state index contributed by atoms with van der Waals surface area (Å²) in [5.74, 6) is 0. The molecule has 2 rings (SSSR count). The highest BCUT2D eigenvalue weighted by molar-refractivity contribution is 7.89. The molecule has 0 saturated heterocycles. The van der Waals surface area contributed by atoms with Crippen LogP contribution in [0.1, 0.15) is 12.0 Å². The van der Waals surface area contributed by atoms with Crippen molar-refractivity contribution in [3.05, 3.63) is 36.5 Å². The van der Waals surface area contributed by atoms with Gasteiger partial charge in [0, 0.05) is 31.9 Å². The fourth-order valence-corrected chi connectivity index (χ4v) is 3.04. The van der Waals surface area contributed by atoms with E-state index in [1.807, 2.05) is 7.05 Å². The molecule has 21 heavy (non-hydrogen) atoms. The first-order valence-corrected chi connectivity index (χ1v) is 8.12. The number of aryl methyl sites for hydroxylation is 1. The summed E-state index contributed by atoms with van der Waals surface area (Å²) in [7, 11) is -0.111. The van der Waals surface area contributed by atoms with Gasteiger partial charge in [-0.25, -0.2) is 8.42 Å². The lowest BCUT2D eigenvalue weighted by atomic mass is 10.3. The molecule has 0 atom stereocenters. The van der Waals surface area contributed by atoms with Crippen molar-refractivity contribution in [1.82, 2.24) is 19.4 Å². The number of hydrogen-bond acceptors (Lipinski definition) is 5. The number of aromatic nitrogens is 2. The number of nitrogens with zero attached hydrogens (tertiary/aromatic N) is 3. The van der Waals surface area contributed by atoms with Gasteiger partial charge in [0.1, 0.15) is 4.90 Å². The third kappa shape index (κ3) is 3.93. The number of rotatable bonds is 8. The molecule has 2 aromatic heterocycles. The maximum Gasteiger partial charge on any atom is 0.246 e. The highest BCUT2D eigenvalue weighted by atomic mass is 32.2. The first-order valence-electron chi connectivity index (χ1n) is 6.68. The van der Waals surface area contributed by atoms with E-state index in [-0.39, 0.29) is 11.4 Å². The molecule has 0 aliphatic carbocycles. The minimum Gasteiger partial charge on any atom is -0.472 e. The molecule has 0 fully saturated rings. The number of sulfonamides is 1. The first-order chi connectivity index (χ1) is 10.0. The van der Waals surface area contributed by atoms with E-state index in [1.165, 1.54) is 23.0 Å². The van der Waals surface area contributed by atoms with Crippen LogP contribution in [0.3, 0.4) is 0 Å². The van der Waals surface area contributed by atoms with Gasteiger partial charge < -0.3 is 9.73 Å². The van der Waals surface area contributed by atoms with Gasteiger partial charge in [-0.15, -0.1) is 0 Å². The quantitative estimate of drug-likeness (QED) is 0.733. The van der Waals surface area contributed by atoms with Crippen LogP contribution in [0.4, 0.5) is 0 Å². The van der Waals surface area contributed by atoms with Crippen LogP contribution in [0, 0.1) is 0 Å². The zero-order valence-electron chi connectivity index (χ0n) is 12.2. The van der Waals surface area contributed by atoms with Crippen LogP contribution in [0.2, 0.25) is 0 Å². The molecule has 0 spiro atoms. The summed E-state index contributed by atoms with van der Waals surface area (Å²) < 4.78 is 32.7. The predicted molar refractivity (Wildman–Crippen MR) is 78.1 cm³/mol. The molecule has 2 heterocycles. The minimum absolute atomic E-state index is 0.206. The molecule has 1 N–H and O–H groups in total. The molecular formula is C13H20N4O3S. The van der Waals surface area contributed by atoms with Gasteiger partial charge in [-0.1, -0.05) is 0 Å². The third-order valence-electron chi connectivity index (χ3n) is 3.12. The second-order valence-electron chi connectivity index (χ2n) is 4.79. The molecule has 2 aromatic rings. The van der Waals surface area contributed by atoms with E-state index >= 15 is 0 Å². The van der Waals surface area contributed by atoms with Crippen molar-refractivity contribution < 1.29 is 12.8 Å². The predicted octanol–water partition coefficient (Wildman–Crippen LogP) is 0.906. The molecule has 0 bridgehead atoms. The normalized spacial score (nSPS) is 12.1. The van der Waals surface area contributed by atoms with Crippen LogP contribution in [0.25, 0.3) is 0 Å². The van der Waals surface area contributed by atoms with Crippen molar-refractivity contribution in [3.63, 3.8) is 0 Å². The second kappa shape index (κ2) is 6.88. The van der Waals surface area contributed by atoms with Gasteiger partial charge >= 0.3 is 0 Å². The Kier molecular flexibility index (Phi) is 5.16. The van der Waals surface area contributed by atoms with E-state index in [4.69, 9.17) is 4.42 Å². The maximum absolute atomic E-state index is 12.4. The van der Waals surface area contributed by atoms with Crippen LogP contribution in [-0.4, -0.2) is 43.1 Å². The molecule has 8 heteroatoms. The molecule has 0 aromatic carbocycles. The Labute approximate surface area is 124 Å². The Morgan fingerprint density at radius 3 is 2.95 bits per heavy atom. The van der Waals surface area contributed by atoms with Gasteiger partial charge in [-0.3, -0.25) is 4.68 Å². The number of furan rings is 1. The van der Waals surface area contributed by atoms with E-state index in [0.717, 1.165) is 18.5 Å². The Bertz CT molecular complexity index is 649. The van der Waals surface area contributed by atoms with E-state index in [1.54, 1.807) is 24.0 Å². The van der Waals surface area contributed by atoms with Crippen LogP contribution in [0.15, 0.2) is 40.3 Å². The van der Waals surface area contributed by atoms with Crippen LogP contribution in [0.5, 0.6) is 0 Å². The summed E-state index contributed by atoms with van der Waals surface area (Å²) in [5, 5.41) is 7.14. The molecule has 116 valence electrons. The van der Waals surface area contributed by atoms with Crippen molar-refractivity contribution >= 4 is 10.0 Å². The topological polar surface area (TPSA) is 80.4 Å². The van der Waals surface area contributed by atoms with Crippen molar-refractivity contribution in [3.8, 4) is 0 Å². The van der Waals surface area contributed by atoms with Gasteiger partial charge in [-0.05, 0) is 26.1 Å². The average Bonchev–Trinajstić information content (AvgIpc) is 3.10. The Hall–Kier alpha value is -1.64. The second-order valence-corrected chi connectivity index (χ2v) is 6.83. The lowest BCUT2D eigenvalue weighted by Gasteiger charge is -2.14. The van der Waals surface area contributed by atoms with Crippen molar-refractivity contribution in [2.24, 2.45) is 0 Å². The van der Waals surface area contributed by atoms with E-state index < -0.39 is 10.0 Å². The summed E-state index contributed by atoms with van der Waals surface area (Å²) in [5.41, 5.74) is 0.808. The molecule has 0 amide bonds. The third-order valence-corrected chi connectivity index (χ3v) is 4.87. The first kappa shape index (κ1) is 15.7. The zero-order valence-corrected chi connectivity index (χ0v) is 13.0. The Morgan fingerprint density at radius 2 is 2.29 bits per heavy atom. The number of hydrogen-bond donors (Lipinski definition) is 1. The molecule has 0 saturated carbocycles. The average molecular weight is 312 g/mol. The fourth-order valence-electron chi connectivity index (χ4n) is 1.92. The van der Waals surface area contributed by atoms with Crippen LogP contribution in [-0.2, 0) is 23.1 Å². The summed E-state index contributed by atoms with van der Waals surface area (Å²) in [4.78, 5) is 0.206. The highest BCUT2D eigenvalue weighted by Gasteiger charge is 2.23. The van der Waals surface area contributed by atoms with Gasteiger partial charge in [0.25, 0.3) is 0 Å². The monoisotopic (exact) mass is 312 g/mol. The van der Waals surface area contributed by atoms with E-state index in [2.05, 4.69) is 10.4 Å². The smallest absolute Gasteiger partial charge is 0.246 e. The standard InChI is InChI=1S/C13H20N4O3S/c1-14-5-3-6-17-10-13(8-15-17)21(18,19)16(2)9-12-4-7-20-11-12/h4,7-8,10-11,14H,3,5-6,9H2,1-2H3. The molecule has 0 unspecified atom stereocenters. The van der Waals surface area contributed by atoms with Gasteiger partial charge in [0.2, 0.25) is 10.0 Å². The Morgan fingerprint density at radius 1 is 1.48 bits per heavy atom. The highest BCUT2D eigenvalue weighted by Crippen LogP contribution is 2.16. The van der Waals surface area contributed by atoms with E-state index in [0.29, 0.717) is 6.54 Å². The molecule has 7 nitrogen and oxygen atoms in total. The van der Waals surface area contributed by atoms with Crippen molar-refractivity contribution in [1.29, 1.82) is 0 Å². The fraction of sp³-hybridized carbons (Fsp3) is 0.462. The lowest BCUT2D eigenvalue weighted by molar-refractivity contribution is 0.463. The molecule has 0 aliphatic rings. The lowest BCUT2D eigenvalue weighted by Crippen LogP contribution is -2.26. The summed E-state index contributed by atoms with van der Waals surface area (Å²) in [6.07, 6.45) is 6.91. The zero-order chi connectivity index (χ0) is 15.3. The van der Waals surface area contributed by atoms with Gasteiger partial charge in [0.05, 0.1) is 18.7 Å². The van der Waals surface area contributed by atoms with Crippen LogP contribution < -0.4 is 5.32 Å². The van der Waals surface area contributed by atoms with Gasteiger partial charge in [-0.2, -0.15) is 9.40 Å². The van der Waals surface area contributed by atoms with Crippen molar-refractivity contribution in [2.75, 3.05) is 20.6 Å². The number of nitrogens with one attached hydrogen (secondary N) is 1. The van der Waals surface area contributed by atoms with E-state index in [9.17, 15) is 8.42 Å². The summed E-state index contributed by atoms with van der Waals surface area (Å²) >= 11 is 0. The minimum atomic E-state index is -3.53. The maximum atomic E-state index is 12.4. The SMILES string of the molecule is CNCCCn1cc(S(=O)(=O)N(C)Cc2ccoc2)cn1.